The van der Waals surface area contributed by atoms with Gasteiger partial charge < -0.3 is 15.4 Å². The molecule has 1 aliphatic heterocycles. The number of nitrogens with zero attached hydrogens (tertiary/aromatic N) is 2. The van der Waals surface area contributed by atoms with E-state index in [0.29, 0.717) is 35.7 Å². The number of hydrogen-bond donors (Lipinski definition) is 1. The Kier molecular flexibility index (Phi) is 5.65. The average molecular weight is 464 g/mol. The second kappa shape index (κ2) is 8.37. The monoisotopic (exact) mass is 463 g/mol. The summed E-state index contributed by atoms with van der Waals surface area (Å²) in [6, 6.07) is 17.8. The largest absolute Gasteiger partial charge is 0.489 e. The zero-order chi connectivity index (χ0) is 21.3. The second-order valence-electron chi connectivity index (χ2n) is 7.50. The number of halogens is 1. The fourth-order valence-corrected chi connectivity index (χ4v) is 4.56. The van der Waals surface area contributed by atoms with E-state index in [0.717, 1.165) is 34.1 Å². The molecule has 1 aliphatic carbocycles. The van der Waals surface area contributed by atoms with Crippen LogP contribution in [0.3, 0.4) is 0 Å². The highest BCUT2D eigenvalue weighted by atomic mass is 79.9. The predicted molar refractivity (Wildman–Crippen MR) is 118 cm³/mol. The van der Waals surface area contributed by atoms with Gasteiger partial charge in [-0.15, -0.1) is 0 Å². The standard InChI is InChI=1S/C24H22BrN3O2/c1-28-19-8-5-9-20(29)23(19)22(18(13-26)24(28)27)17-12-16(25)10-11-21(17)30-14-15-6-3-2-4-7-15/h2-4,6-7,10-12,22H,5,8-9,14,27H2,1H3/t22-/m1/s1. The highest BCUT2D eigenvalue weighted by molar-refractivity contribution is 9.10. The minimum Gasteiger partial charge on any atom is -0.489 e. The molecule has 0 aromatic heterocycles. The van der Waals surface area contributed by atoms with Crippen LogP contribution in [0.5, 0.6) is 5.75 Å². The van der Waals surface area contributed by atoms with Crippen molar-refractivity contribution in [1.29, 1.82) is 5.26 Å². The number of ether oxygens (including phenoxy) is 1. The smallest absolute Gasteiger partial charge is 0.161 e. The first-order chi connectivity index (χ1) is 14.5. The SMILES string of the molecule is CN1C(N)=C(C#N)[C@@H](c2cc(Br)ccc2OCc2ccccc2)C2=C1CCCC2=O. The van der Waals surface area contributed by atoms with Crippen molar-refractivity contribution in [3.05, 3.63) is 86.8 Å². The van der Waals surface area contributed by atoms with Crippen LogP contribution in [0.25, 0.3) is 0 Å². The van der Waals surface area contributed by atoms with Crippen LogP contribution < -0.4 is 10.5 Å². The Morgan fingerprint density at radius 1 is 1.23 bits per heavy atom. The van der Waals surface area contributed by atoms with Gasteiger partial charge in [-0.1, -0.05) is 46.3 Å². The molecule has 0 amide bonds. The maximum Gasteiger partial charge on any atom is 0.161 e. The van der Waals surface area contributed by atoms with Gasteiger partial charge in [-0.2, -0.15) is 5.26 Å². The summed E-state index contributed by atoms with van der Waals surface area (Å²) in [6.07, 6.45) is 2.04. The number of ketones is 1. The van der Waals surface area contributed by atoms with E-state index < -0.39 is 5.92 Å². The summed E-state index contributed by atoms with van der Waals surface area (Å²) in [5.74, 6) is 0.576. The van der Waals surface area contributed by atoms with Crippen LogP contribution in [-0.2, 0) is 11.4 Å². The van der Waals surface area contributed by atoms with Gasteiger partial charge in [-0.25, -0.2) is 0 Å². The van der Waals surface area contributed by atoms with E-state index in [9.17, 15) is 10.1 Å². The molecule has 1 heterocycles. The first kappa shape index (κ1) is 20.2. The van der Waals surface area contributed by atoms with Crippen LogP contribution in [0, 0.1) is 11.3 Å². The molecule has 0 saturated carbocycles. The lowest BCUT2D eigenvalue weighted by Crippen LogP contribution is -2.36. The number of benzene rings is 2. The lowest BCUT2D eigenvalue weighted by atomic mass is 9.75. The molecule has 0 spiro atoms. The maximum absolute atomic E-state index is 13.0. The summed E-state index contributed by atoms with van der Waals surface area (Å²) in [5.41, 5.74) is 10.1. The van der Waals surface area contributed by atoms with Crippen LogP contribution in [0.1, 0.15) is 36.3 Å². The molecule has 152 valence electrons. The summed E-state index contributed by atoms with van der Waals surface area (Å²) in [4.78, 5) is 14.8. The fraction of sp³-hybridized carbons (Fsp3) is 0.250. The van der Waals surface area contributed by atoms with Crippen molar-refractivity contribution >= 4 is 21.7 Å². The van der Waals surface area contributed by atoms with Crippen molar-refractivity contribution in [2.75, 3.05) is 7.05 Å². The van der Waals surface area contributed by atoms with Gasteiger partial charge in [0.1, 0.15) is 18.2 Å². The van der Waals surface area contributed by atoms with Crippen LogP contribution in [0.15, 0.2) is 75.7 Å². The minimum absolute atomic E-state index is 0.0716. The summed E-state index contributed by atoms with van der Waals surface area (Å²) >= 11 is 3.53. The van der Waals surface area contributed by atoms with Crippen molar-refractivity contribution in [2.45, 2.75) is 31.8 Å². The molecule has 6 heteroatoms. The van der Waals surface area contributed by atoms with Gasteiger partial charge in [-0.05, 0) is 36.6 Å². The summed E-state index contributed by atoms with van der Waals surface area (Å²) in [5, 5.41) is 9.95. The van der Waals surface area contributed by atoms with Gasteiger partial charge >= 0.3 is 0 Å². The number of Topliss-reactive ketones (excluding diaryl/α,β-unsaturated/α-hetero) is 1. The zero-order valence-electron chi connectivity index (χ0n) is 16.7. The van der Waals surface area contributed by atoms with Crippen LogP contribution in [-0.4, -0.2) is 17.7 Å². The lowest BCUT2D eigenvalue weighted by molar-refractivity contribution is -0.116. The third-order valence-corrected chi connectivity index (χ3v) is 6.18. The van der Waals surface area contributed by atoms with E-state index in [4.69, 9.17) is 10.5 Å². The fourth-order valence-electron chi connectivity index (χ4n) is 4.19. The topological polar surface area (TPSA) is 79.3 Å². The molecule has 0 fully saturated rings. The van der Waals surface area contributed by atoms with Crippen LogP contribution in [0.2, 0.25) is 0 Å². The molecule has 0 bridgehead atoms. The third kappa shape index (κ3) is 3.61. The van der Waals surface area contributed by atoms with E-state index in [1.165, 1.54) is 0 Å². The van der Waals surface area contributed by atoms with Crippen LogP contribution >= 0.6 is 15.9 Å². The Balaban J connectivity index is 1.82. The number of nitrogens with two attached hydrogens (primary N) is 1. The molecule has 0 radical (unpaired) electrons. The highest BCUT2D eigenvalue weighted by Gasteiger charge is 2.39. The summed E-state index contributed by atoms with van der Waals surface area (Å²) in [6.45, 7) is 0.392. The number of carbonyl (C=O) groups excluding carboxylic acids is 1. The number of carbonyl (C=O) groups is 1. The molecule has 4 rings (SSSR count). The quantitative estimate of drug-likeness (QED) is 0.706. The van der Waals surface area contributed by atoms with E-state index >= 15 is 0 Å². The van der Waals surface area contributed by atoms with Gasteiger partial charge in [-0.3, -0.25) is 4.79 Å². The number of nitriles is 1. The Morgan fingerprint density at radius 2 is 2.00 bits per heavy atom. The molecular formula is C24H22BrN3O2. The summed E-state index contributed by atoms with van der Waals surface area (Å²) < 4.78 is 7.01. The predicted octanol–water partition coefficient (Wildman–Crippen LogP) is 4.76. The zero-order valence-corrected chi connectivity index (χ0v) is 18.3. The molecule has 2 aliphatic rings. The van der Waals surface area contributed by atoms with E-state index in [1.807, 2.05) is 55.6 Å². The Bertz CT molecular complexity index is 1100. The average Bonchev–Trinajstić information content (AvgIpc) is 2.76. The normalized spacial score (nSPS) is 18.9. The molecule has 1 atom stereocenters. The Hall–Kier alpha value is -3.04. The van der Waals surface area contributed by atoms with E-state index in [-0.39, 0.29) is 5.78 Å². The lowest BCUT2D eigenvalue weighted by Gasteiger charge is -2.38. The number of allylic oxidation sites excluding steroid dienone is 3. The molecule has 0 saturated heterocycles. The van der Waals surface area contributed by atoms with E-state index in [2.05, 4.69) is 22.0 Å². The van der Waals surface area contributed by atoms with Crippen molar-refractivity contribution in [1.82, 2.24) is 4.90 Å². The van der Waals surface area contributed by atoms with Gasteiger partial charge in [0.15, 0.2) is 5.78 Å². The van der Waals surface area contributed by atoms with Crippen molar-refractivity contribution in [3.8, 4) is 11.8 Å². The molecule has 30 heavy (non-hydrogen) atoms. The summed E-state index contributed by atoms with van der Waals surface area (Å²) in [7, 11) is 1.82. The Labute approximate surface area is 184 Å². The van der Waals surface area contributed by atoms with Gasteiger partial charge in [0.25, 0.3) is 0 Å². The molecule has 2 aromatic carbocycles. The maximum atomic E-state index is 13.0. The molecule has 5 nitrogen and oxygen atoms in total. The van der Waals surface area contributed by atoms with Crippen molar-refractivity contribution in [3.63, 3.8) is 0 Å². The van der Waals surface area contributed by atoms with Gasteiger partial charge in [0, 0.05) is 34.8 Å². The number of rotatable bonds is 4. The van der Waals surface area contributed by atoms with Gasteiger partial charge in [0.05, 0.1) is 17.6 Å². The third-order valence-electron chi connectivity index (χ3n) is 5.69. The van der Waals surface area contributed by atoms with Crippen molar-refractivity contribution < 1.29 is 9.53 Å². The minimum atomic E-state index is -0.530. The van der Waals surface area contributed by atoms with Gasteiger partial charge in [0.2, 0.25) is 0 Å². The highest BCUT2D eigenvalue weighted by Crippen LogP contribution is 2.47. The van der Waals surface area contributed by atoms with E-state index in [1.54, 1.807) is 4.90 Å². The second-order valence-corrected chi connectivity index (χ2v) is 8.41. The molecular weight excluding hydrogens is 442 g/mol. The molecule has 2 N–H and O–H groups in total. The Morgan fingerprint density at radius 3 is 2.73 bits per heavy atom. The van der Waals surface area contributed by atoms with Crippen LogP contribution in [0.4, 0.5) is 0 Å². The number of hydrogen-bond acceptors (Lipinski definition) is 5. The first-order valence-corrected chi connectivity index (χ1v) is 10.7. The molecule has 2 aromatic rings. The first-order valence-electron chi connectivity index (χ1n) is 9.87. The van der Waals surface area contributed by atoms with Crippen molar-refractivity contribution in [2.24, 2.45) is 5.73 Å². The molecule has 0 unspecified atom stereocenters.